The predicted octanol–water partition coefficient (Wildman–Crippen LogP) is 2.66. The zero-order valence-corrected chi connectivity index (χ0v) is 9.17. The molecule has 76 valence electrons. The molecule has 0 aliphatic carbocycles. The van der Waals surface area contributed by atoms with Crippen LogP contribution in [0.3, 0.4) is 0 Å². The number of rotatable bonds is 3. The summed E-state index contributed by atoms with van der Waals surface area (Å²) < 4.78 is 0. The van der Waals surface area contributed by atoms with Crippen LogP contribution >= 0.6 is 0 Å². The van der Waals surface area contributed by atoms with E-state index in [2.05, 4.69) is 17.6 Å². The van der Waals surface area contributed by atoms with Crippen molar-refractivity contribution in [1.82, 2.24) is 4.98 Å². The van der Waals surface area contributed by atoms with Gasteiger partial charge in [0.1, 0.15) is 0 Å². The van der Waals surface area contributed by atoms with E-state index in [-0.39, 0.29) is 6.04 Å². The third kappa shape index (κ3) is 2.67. The Labute approximate surface area is 85.9 Å². The molecule has 0 saturated carbocycles. The summed E-state index contributed by atoms with van der Waals surface area (Å²) in [5, 5.41) is 0. The zero-order valence-electron chi connectivity index (χ0n) is 9.17. The summed E-state index contributed by atoms with van der Waals surface area (Å²) in [5.74, 6) is 0. The highest BCUT2D eigenvalue weighted by Gasteiger charge is 2.09. The monoisotopic (exact) mass is 190 g/mol. The van der Waals surface area contributed by atoms with Crippen molar-refractivity contribution in [1.29, 1.82) is 0 Å². The van der Waals surface area contributed by atoms with Crippen LogP contribution in [0.1, 0.15) is 36.3 Å². The maximum atomic E-state index is 6.05. The standard InChI is InChI=1S/C12H18N2/c1-8(2)7-12(13)11-6-5-9(3)14-10(11)4/h5-6,12H,1,7,13H2,2-4H3. The van der Waals surface area contributed by atoms with Gasteiger partial charge in [0.25, 0.3) is 0 Å². The molecule has 0 saturated heterocycles. The van der Waals surface area contributed by atoms with Crippen LogP contribution in [-0.4, -0.2) is 4.98 Å². The molecule has 0 bridgehead atoms. The molecule has 14 heavy (non-hydrogen) atoms. The maximum Gasteiger partial charge on any atom is 0.0423 e. The van der Waals surface area contributed by atoms with Crippen LogP contribution < -0.4 is 5.73 Å². The third-order valence-corrected chi connectivity index (χ3v) is 2.23. The normalized spacial score (nSPS) is 12.6. The molecule has 1 heterocycles. The Bertz CT molecular complexity index is 342. The molecule has 1 aromatic heterocycles. The van der Waals surface area contributed by atoms with E-state index in [0.717, 1.165) is 28.9 Å². The SMILES string of the molecule is C=C(C)CC(N)c1ccc(C)nc1C. The van der Waals surface area contributed by atoms with E-state index in [0.29, 0.717) is 0 Å². The van der Waals surface area contributed by atoms with E-state index >= 15 is 0 Å². The molecular weight excluding hydrogens is 172 g/mol. The Hall–Kier alpha value is -1.15. The summed E-state index contributed by atoms with van der Waals surface area (Å²) in [6, 6.07) is 4.09. The number of hydrogen-bond donors (Lipinski definition) is 1. The Morgan fingerprint density at radius 3 is 2.64 bits per heavy atom. The van der Waals surface area contributed by atoms with Crippen molar-refractivity contribution in [3.05, 3.63) is 41.2 Å². The second-order valence-electron chi connectivity index (χ2n) is 3.89. The van der Waals surface area contributed by atoms with Gasteiger partial charge in [-0.2, -0.15) is 0 Å². The van der Waals surface area contributed by atoms with Crippen molar-refractivity contribution in [2.45, 2.75) is 33.2 Å². The highest BCUT2D eigenvalue weighted by atomic mass is 14.7. The molecule has 1 unspecified atom stereocenters. The van der Waals surface area contributed by atoms with Crippen LogP contribution in [0.4, 0.5) is 0 Å². The van der Waals surface area contributed by atoms with Crippen molar-refractivity contribution >= 4 is 0 Å². The lowest BCUT2D eigenvalue weighted by Crippen LogP contribution is -2.12. The van der Waals surface area contributed by atoms with Gasteiger partial charge in [-0.25, -0.2) is 0 Å². The summed E-state index contributed by atoms with van der Waals surface area (Å²) in [7, 11) is 0. The number of hydrogen-bond acceptors (Lipinski definition) is 2. The molecule has 0 aliphatic rings. The topological polar surface area (TPSA) is 38.9 Å². The lowest BCUT2D eigenvalue weighted by Gasteiger charge is -2.14. The molecule has 2 N–H and O–H groups in total. The van der Waals surface area contributed by atoms with Crippen LogP contribution in [0.2, 0.25) is 0 Å². The van der Waals surface area contributed by atoms with Crippen LogP contribution in [0, 0.1) is 13.8 Å². The summed E-state index contributed by atoms with van der Waals surface area (Å²) in [4.78, 5) is 4.39. The minimum atomic E-state index is 0.0283. The van der Waals surface area contributed by atoms with Crippen molar-refractivity contribution in [2.75, 3.05) is 0 Å². The lowest BCUT2D eigenvalue weighted by molar-refractivity contribution is 0.705. The molecule has 1 aromatic rings. The van der Waals surface area contributed by atoms with Crippen molar-refractivity contribution in [3.8, 4) is 0 Å². The first kappa shape index (κ1) is 10.9. The zero-order chi connectivity index (χ0) is 10.7. The summed E-state index contributed by atoms with van der Waals surface area (Å²) in [6.07, 6.45) is 0.825. The molecule has 0 radical (unpaired) electrons. The van der Waals surface area contributed by atoms with E-state index in [9.17, 15) is 0 Å². The number of aromatic nitrogens is 1. The van der Waals surface area contributed by atoms with Crippen LogP contribution in [0.25, 0.3) is 0 Å². The van der Waals surface area contributed by atoms with E-state index in [1.165, 1.54) is 0 Å². The van der Waals surface area contributed by atoms with E-state index < -0.39 is 0 Å². The average molecular weight is 190 g/mol. The average Bonchev–Trinajstić information content (AvgIpc) is 2.01. The molecule has 1 atom stereocenters. The number of nitrogens with zero attached hydrogens (tertiary/aromatic N) is 1. The quantitative estimate of drug-likeness (QED) is 0.744. The first-order valence-corrected chi connectivity index (χ1v) is 4.85. The smallest absolute Gasteiger partial charge is 0.0423 e. The first-order valence-electron chi connectivity index (χ1n) is 4.85. The van der Waals surface area contributed by atoms with Gasteiger partial charge in [0, 0.05) is 17.4 Å². The van der Waals surface area contributed by atoms with Gasteiger partial charge in [-0.15, -0.1) is 6.58 Å². The highest BCUT2D eigenvalue weighted by molar-refractivity contribution is 5.25. The van der Waals surface area contributed by atoms with Gasteiger partial charge in [-0.05, 0) is 38.8 Å². The Morgan fingerprint density at radius 2 is 2.14 bits per heavy atom. The fourth-order valence-corrected chi connectivity index (χ4v) is 1.57. The van der Waals surface area contributed by atoms with Crippen molar-refractivity contribution in [3.63, 3.8) is 0 Å². The van der Waals surface area contributed by atoms with Gasteiger partial charge in [-0.1, -0.05) is 11.6 Å². The van der Waals surface area contributed by atoms with Crippen LogP contribution in [-0.2, 0) is 0 Å². The largest absolute Gasteiger partial charge is 0.324 e. The van der Waals surface area contributed by atoms with Crippen LogP contribution in [0.5, 0.6) is 0 Å². The molecule has 0 spiro atoms. The van der Waals surface area contributed by atoms with E-state index in [1.807, 2.05) is 26.8 Å². The molecule has 0 amide bonds. The van der Waals surface area contributed by atoms with Gasteiger partial charge in [0.05, 0.1) is 0 Å². The Morgan fingerprint density at radius 1 is 1.50 bits per heavy atom. The predicted molar refractivity (Wildman–Crippen MR) is 60.1 cm³/mol. The molecule has 2 nitrogen and oxygen atoms in total. The molecule has 1 rings (SSSR count). The van der Waals surface area contributed by atoms with Crippen molar-refractivity contribution in [2.24, 2.45) is 5.73 Å². The summed E-state index contributed by atoms with van der Waals surface area (Å²) in [5.41, 5.74) is 10.3. The fraction of sp³-hybridized carbons (Fsp3) is 0.417. The molecule has 0 fully saturated rings. The molecule has 0 aliphatic heterocycles. The molecule has 0 aromatic carbocycles. The summed E-state index contributed by atoms with van der Waals surface area (Å²) in [6.45, 7) is 9.85. The molecule has 2 heteroatoms. The Balaban J connectivity index is 2.90. The van der Waals surface area contributed by atoms with E-state index in [4.69, 9.17) is 5.73 Å². The minimum absolute atomic E-state index is 0.0283. The van der Waals surface area contributed by atoms with Crippen LogP contribution in [0.15, 0.2) is 24.3 Å². The fourth-order valence-electron chi connectivity index (χ4n) is 1.57. The van der Waals surface area contributed by atoms with Gasteiger partial charge >= 0.3 is 0 Å². The first-order chi connectivity index (χ1) is 6.50. The number of aryl methyl sites for hydroxylation is 2. The van der Waals surface area contributed by atoms with Gasteiger partial charge in [0.2, 0.25) is 0 Å². The van der Waals surface area contributed by atoms with Gasteiger partial charge in [0.15, 0.2) is 0 Å². The lowest BCUT2D eigenvalue weighted by atomic mass is 10.00. The van der Waals surface area contributed by atoms with Gasteiger partial charge < -0.3 is 5.73 Å². The second-order valence-corrected chi connectivity index (χ2v) is 3.89. The maximum absolute atomic E-state index is 6.05. The number of pyridine rings is 1. The van der Waals surface area contributed by atoms with E-state index in [1.54, 1.807) is 0 Å². The minimum Gasteiger partial charge on any atom is -0.324 e. The second kappa shape index (κ2) is 4.38. The molecular formula is C12H18N2. The third-order valence-electron chi connectivity index (χ3n) is 2.23. The van der Waals surface area contributed by atoms with Gasteiger partial charge in [-0.3, -0.25) is 4.98 Å². The summed E-state index contributed by atoms with van der Waals surface area (Å²) >= 11 is 0. The van der Waals surface area contributed by atoms with Crippen molar-refractivity contribution < 1.29 is 0 Å². The highest BCUT2D eigenvalue weighted by Crippen LogP contribution is 2.20. The Kier molecular flexibility index (Phi) is 3.42. The number of nitrogens with two attached hydrogens (primary N) is 1.